The van der Waals surface area contributed by atoms with E-state index in [0.717, 1.165) is 22.3 Å². The monoisotopic (exact) mass is 1550 g/mol. The third kappa shape index (κ3) is 12.9. The van der Waals surface area contributed by atoms with Gasteiger partial charge in [-0.1, -0.05) is 215 Å². The van der Waals surface area contributed by atoms with Crippen molar-refractivity contribution in [2.75, 3.05) is 5.06 Å². The minimum Gasteiger partial charge on any atom is -0.476 e. The Morgan fingerprint density at radius 2 is 1.17 bits per heavy atom. The van der Waals surface area contributed by atoms with E-state index in [0.29, 0.717) is 95.4 Å². The van der Waals surface area contributed by atoms with Crippen LogP contribution < -0.4 is 9.80 Å². The van der Waals surface area contributed by atoms with Crippen LogP contribution >= 0.6 is 50.2 Å². The van der Waals surface area contributed by atoms with Crippen LogP contribution in [0.25, 0.3) is 78.1 Å². The second kappa shape index (κ2) is 30.9. The molecule has 8 aromatic carbocycles. The quantitative estimate of drug-likeness (QED) is 0.0449. The number of nitro benzene ring substituents is 1. The first kappa shape index (κ1) is 73.3. The lowest BCUT2D eigenvalue weighted by atomic mass is 9.34. The first-order chi connectivity index (χ1) is 52.6. The number of ether oxygens (including phenoxy) is 1. The molecule has 0 saturated heterocycles. The van der Waals surface area contributed by atoms with Crippen LogP contribution in [0, 0.1) is 62.3 Å². The number of para-hydroxylation sites is 3. The fraction of sp³-hybridized carbons (Fsp3) is 0.295. The van der Waals surface area contributed by atoms with Gasteiger partial charge in [0, 0.05) is 76.7 Å². The van der Waals surface area contributed by atoms with Crippen molar-refractivity contribution in [2.45, 2.75) is 136 Å². The third-order valence-corrected chi connectivity index (χ3v) is 27.5. The summed E-state index contributed by atoms with van der Waals surface area (Å²) in [6.45, 7) is 11.6. The topological polar surface area (TPSA) is 102 Å². The normalized spacial score (nSPS) is 16.6. The van der Waals surface area contributed by atoms with Gasteiger partial charge in [-0.25, -0.2) is 9.45 Å². The highest BCUT2D eigenvalue weighted by Crippen LogP contribution is 2.80. The van der Waals surface area contributed by atoms with E-state index < -0.39 is 11.4 Å². The number of nitro groups is 1. The van der Waals surface area contributed by atoms with Gasteiger partial charge in [0.05, 0.1) is 56.8 Å². The van der Waals surface area contributed by atoms with Gasteiger partial charge in [-0.2, -0.15) is 11.3 Å². The molecule has 0 bridgehead atoms. The van der Waals surface area contributed by atoms with Crippen LogP contribution in [0.5, 0.6) is 5.75 Å². The molecule has 8 nitrogen and oxygen atoms in total. The van der Waals surface area contributed by atoms with E-state index in [1.807, 2.05) is 171 Å². The van der Waals surface area contributed by atoms with Gasteiger partial charge < -0.3 is 13.6 Å². The molecule has 16 rings (SSSR count). The molecule has 12 aromatic rings. The first-order valence-electron chi connectivity index (χ1n) is 38.5. The van der Waals surface area contributed by atoms with E-state index in [1.54, 1.807) is 71.6 Å². The van der Waals surface area contributed by atoms with Crippen molar-refractivity contribution in [1.82, 2.24) is 0 Å². The van der Waals surface area contributed by atoms with Crippen LogP contribution in [0.4, 0.5) is 21.5 Å². The molecule has 0 aliphatic heterocycles. The molecule has 3 unspecified atom stereocenters. The number of hydrogen-bond acceptors (Lipinski definition) is 9. The average Bonchev–Trinajstić information content (AvgIpc) is 1.38. The minimum atomic E-state index is -1.17. The molecule has 108 heavy (non-hydrogen) atoms. The van der Waals surface area contributed by atoms with Gasteiger partial charge in [0.15, 0.2) is 5.60 Å². The van der Waals surface area contributed by atoms with Crippen LogP contribution in [0.2, 0.25) is 5.02 Å². The maximum atomic E-state index is 17.8. The molecule has 4 aromatic heterocycles. The van der Waals surface area contributed by atoms with Gasteiger partial charge >= 0.3 is 0 Å². The Morgan fingerprint density at radius 1 is 0.611 bits per heavy atom. The smallest absolute Gasteiger partial charge is 0.285 e. The number of anilines is 2. The molecular formula is C95H90BrClFN2O6S2. The number of halogens is 3. The van der Waals surface area contributed by atoms with Crippen LogP contribution in [0.15, 0.2) is 260 Å². The van der Waals surface area contributed by atoms with E-state index in [2.05, 4.69) is 78.0 Å². The second-order valence-corrected chi connectivity index (χ2v) is 33.9. The van der Waals surface area contributed by atoms with Crippen LogP contribution in [-0.2, 0) is 5.60 Å². The highest BCUT2D eigenvalue weighted by atomic mass is 79.9. The number of nitrogens with zero attached hydrogens (tertiary/aromatic N) is 2. The molecule has 549 valence electrons. The lowest BCUT2D eigenvalue weighted by Crippen LogP contribution is -2.64. The van der Waals surface area contributed by atoms with Gasteiger partial charge in [0.2, 0.25) is 0 Å². The summed E-state index contributed by atoms with van der Waals surface area (Å²) in [5, 5.41) is 36.5. The fourth-order valence-corrected chi connectivity index (χ4v) is 22.8. The Kier molecular flexibility index (Phi) is 21.0. The van der Waals surface area contributed by atoms with E-state index in [4.69, 9.17) is 25.2 Å². The lowest BCUT2D eigenvalue weighted by Gasteiger charge is -2.69. The summed E-state index contributed by atoms with van der Waals surface area (Å²) in [6, 6.07) is 63.9. The number of thiophene rings is 2. The van der Waals surface area contributed by atoms with Gasteiger partial charge in [-0.15, -0.1) is 11.3 Å². The number of allylic oxidation sites excluding steroid dienone is 2. The SMILES string of the molecule is CC(C)=C[C](C(C)C)C(C1CC1)(C(c1ccsc1)c1sccc1-c1cccc(-c2cccc(-c3cccc(-c4ccc(-c5cccc(-c6occc6-c6ccoc6)c5F)c(Cl)c4OC(C)(c4ccccc4)c4ccccc4)c3Br)c2N(O)c2ccccc2)c1[N+](=O)[O-])C(C1CCCCC1)(C1CCCC1)C1CCC1. The van der Waals surface area contributed by atoms with E-state index in [9.17, 15) is 15.3 Å². The molecule has 4 saturated carbocycles. The molecule has 4 heterocycles. The van der Waals surface area contributed by atoms with Crippen molar-refractivity contribution in [3.8, 4) is 83.8 Å². The summed E-state index contributed by atoms with van der Waals surface area (Å²) >= 11 is 15.7. The van der Waals surface area contributed by atoms with E-state index >= 15 is 4.39 Å². The molecule has 1 N–H and O–H groups in total. The molecule has 1 radical (unpaired) electrons. The maximum Gasteiger partial charge on any atom is 0.285 e. The Morgan fingerprint density at radius 3 is 1.73 bits per heavy atom. The van der Waals surface area contributed by atoms with E-state index in [1.165, 1.54) is 111 Å². The standard InChI is InChI=1S/C95H90BrClFN2O6S2/c1-60(2)57-83(61(3)4)95(69-45-46-69,94(68-33-20-34-68,67-31-18-19-32-67)66-29-14-8-15-30-66)84(63-51-55-107-59-63)92-81(52-56-108-92)79-43-24-42-78(89(79)100(102)103)77-41-23-40-76(88(77)99(101)70-35-16-9-17-36-70)72-37-21-38-73(85(72)96)80-48-47-74(75-39-22-44-82(87(75)98)90-71(50-54-105-90)62-49-53-104-58-62)86(97)91(80)106-93(5,64-25-10-6-11-26-64)65-27-12-7-13-28-65/h6-7,9-13,16-17,21-28,35-44,47-59,61,66-69,84,101H,8,14-15,18-20,29-34,45-46H2,1-5H3. The number of furan rings is 2. The molecule has 0 amide bonds. The van der Waals surface area contributed by atoms with Gasteiger partial charge in [-0.3, -0.25) is 15.3 Å². The number of hydrogen-bond donors (Lipinski definition) is 1. The predicted molar refractivity (Wildman–Crippen MR) is 444 cm³/mol. The zero-order valence-electron chi connectivity index (χ0n) is 61.8. The summed E-state index contributed by atoms with van der Waals surface area (Å²) in [7, 11) is 0. The summed E-state index contributed by atoms with van der Waals surface area (Å²) < 4.78 is 37.5. The first-order valence-corrected chi connectivity index (χ1v) is 41.5. The summed E-state index contributed by atoms with van der Waals surface area (Å²) in [4.78, 5) is 16.0. The molecule has 4 aliphatic rings. The van der Waals surface area contributed by atoms with Gasteiger partial charge in [0.1, 0.15) is 17.3 Å². The fourth-order valence-electron chi connectivity index (χ4n) is 20.0. The Hall–Kier alpha value is -8.88. The van der Waals surface area contributed by atoms with Crippen molar-refractivity contribution >= 4 is 67.3 Å². The molecule has 4 aliphatic carbocycles. The molecule has 3 atom stereocenters. The Labute approximate surface area is 655 Å². The Balaban J connectivity index is 0.891. The summed E-state index contributed by atoms with van der Waals surface area (Å²) in [5.41, 5.74) is 10.7. The van der Waals surface area contributed by atoms with Gasteiger partial charge in [-0.05, 0) is 222 Å². The molecule has 13 heteroatoms. The lowest BCUT2D eigenvalue weighted by molar-refractivity contribution is -0.383. The summed E-state index contributed by atoms with van der Waals surface area (Å²) in [5.74, 6) is 4.01. The summed E-state index contributed by atoms with van der Waals surface area (Å²) in [6.07, 6.45) is 24.9. The van der Waals surface area contributed by atoms with Crippen LogP contribution in [0.1, 0.15) is 152 Å². The maximum absolute atomic E-state index is 17.8. The highest BCUT2D eigenvalue weighted by molar-refractivity contribution is 9.10. The van der Waals surface area contributed by atoms with Crippen LogP contribution in [-0.4, -0.2) is 10.1 Å². The Bertz CT molecular complexity index is 5170. The number of benzene rings is 8. The van der Waals surface area contributed by atoms with E-state index in [-0.39, 0.29) is 55.2 Å². The third-order valence-electron chi connectivity index (χ3n) is 24.6. The van der Waals surface area contributed by atoms with Crippen molar-refractivity contribution in [2.24, 2.45) is 40.4 Å². The molecule has 0 spiro atoms. The zero-order valence-corrected chi connectivity index (χ0v) is 65.8. The minimum absolute atomic E-state index is 0.00876. The average molecular weight is 1550 g/mol. The van der Waals surface area contributed by atoms with Gasteiger partial charge in [0.25, 0.3) is 5.69 Å². The van der Waals surface area contributed by atoms with Crippen molar-refractivity contribution in [3.05, 3.63) is 300 Å². The number of rotatable bonds is 25. The zero-order chi connectivity index (χ0) is 74.4. The molecule has 4 fully saturated rings. The largest absolute Gasteiger partial charge is 0.476 e. The highest BCUT2D eigenvalue weighted by Gasteiger charge is 2.73. The van der Waals surface area contributed by atoms with Crippen molar-refractivity contribution < 1.29 is 28.1 Å². The predicted octanol–water partition coefficient (Wildman–Crippen LogP) is 29.3. The van der Waals surface area contributed by atoms with Crippen molar-refractivity contribution in [1.29, 1.82) is 0 Å². The molecular weight excluding hydrogens is 1460 g/mol. The van der Waals surface area contributed by atoms with Crippen LogP contribution in [0.3, 0.4) is 0 Å². The van der Waals surface area contributed by atoms with Crippen molar-refractivity contribution in [3.63, 3.8) is 0 Å². The second-order valence-electron chi connectivity index (χ2n) is 31.0.